The summed E-state index contributed by atoms with van der Waals surface area (Å²) < 4.78 is 0. The highest BCUT2D eigenvalue weighted by Gasteiger charge is 2.33. The Morgan fingerprint density at radius 1 is 0.947 bits per heavy atom. The molecule has 0 heterocycles. The van der Waals surface area contributed by atoms with Crippen LogP contribution in [0.3, 0.4) is 0 Å². The molecule has 6 unspecified atom stereocenters. The number of benzene rings is 1. The fraction of sp³-hybridized carbons (Fsp3) is 0.560. The maximum Gasteiger partial charge on any atom is 0.326 e. The average molecular weight is 536 g/mol. The fourth-order valence-corrected chi connectivity index (χ4v) is 3.52. The van der Waals surface area contributed by atoms with Crippen LogP contribution in [0, 0.1) is 5.92 Å². The summed E-state index contributed by atoms with van der Waals surface area (Å²) in [5, 5.41) is 27.2. The maximum atomic E-state index is 13.2. The van der Waals surface area contributed by atoms with Gasteiger partial charge in [0, 0.05) is 13.0 Å². The van der Waals surface area contributed by atoms with E-state index in [4.69, 9.17) is 17.2 Å². The van der Waals surface area contributed by atoms with E-state index in [2.05, 4.69) is 20.9 Å². The van der Waals surface area contributed by atoms with Crippen LogP contribution in [0.2, 0.25) is 0 Å². The van der Waals surface area contributed by atoms with E-state index in [1.54, 1.807) is 37.3 Å². The molecular formula is C25H41N7O6. The number of carboxylic acids is 1. The summed E-state index contributed by atoms with van der Waals surface area (Å²) in [4.78, 5) is 54.4. The number of rotatable bonds is 16. The summed E-state index contributed by atoms with van der Waals surface area (Å²) in [6.45, 7) is 5.16. The molecule has 0 aliphatic heterocycles. The molecule has 0 aliphatic carbocycles. The van der Waals surface area contributed by atoms with Crippen LogP contribution in [0.15, 0.2) is 35.3 Å². The highest BCUT2D eigenvalue weighted by atomic mass is 16.4. The van der Waals surface area contributed by atoms with Crippen LogP contribution in [0.25, 0.3) is 0 Å². The number of aliphatic hydroxyl groups is 1. The van der Waals surface area contributed by atoms with Crippen molar-refractivity contribution in [3.63, 3.8) is 0 Å². The molecule has 0 aromatic heterocycles. The summed E-state index contributed by atoms with van der Waals surface area (Å²) in [5.74, 6) is -3.73. The van der Waals surface area contributed by atoms with Crippen molar-refractivity contribution in [2.24, 2.45) is 28.1 Å². The molecule has 1 rings (SSSR count). The minimum absolute atomic E-state index is 0.0333. The Morgan fingerprint density at radius 2 is 1.55 bits per heavy atom. The number of hydrogen-bond donors (Lipinski definition) is 8. The summed E-state index contributed by atoms with van der Waals surface area (Å²) >= 11 is 0. The zero-order valence-electron chi connectivity index (χ0n) is 22.1. The second-order valence-corrected chi connectivity index (χ2v) is 9.24. The van der Waals surface area contributed by atoms with E-state index in [1.165, 1.54) is 6.92 Å². The number of nitrogens with zero attached hydrogens (tertiary/aromatic N) is 1. The molecule has 11 N–H and O–H groups in total. The molecular weight excluding hydrogens is 494 g/mol. The average Bonchev–Trinajstić information content (AvgIpc) is 2.87. The number of carboxylic acid groups (broad SMARTS) is 1. The lowest BCUT2D eigenvalue weighted by molar-refractivity contribution is -0.142. The van der Waals surface area contributed by atoms with Gasteiger partial charge in [-0.2, -0.15) is 0 Å². The Morgan fingerprint density at radius 3 is 2.08 bits per heavy atom. The largest absolute Gasteiger partial charge is 0.480 e. The van der Waals surface area contributed by atoms with E-state index < -0.39 is 54.0 Å². The predicted molar refractivity (Wildman–Crippen MR) is 143 cm³/mol. The topological polar surface area (TPSA) is 235 Å². The monoisotopic (exact) mass is 535 g/mol. The van der Waals surface area contributed by atoms with Crippen molar-refractivity contribution in [3.05, 3.63) is 35.9 Å². The predicted octanol–water partition coefficient (Wildman–Crippen LogP) is -1.42. The van der Waals surface area contributed by atoms with Gasteiger partial charge in [-0.25, -0.2) is 4.79 Å². The highest BCUT2D eigenvalue weighted by molar-refractivity contribution is 5.94. The van der Waals surface area contributed by atoms with Crippen molar-refractivity contribution in [3.8, 4) is 0 Å². The van der Waals surface area contributed by atoms with Crippen molar-refractivity contribution in [1.82, 2.24) is 16.0 Å². The minimum atomic E-state index is -1.39. The molecule has 212 valence electrons. The lowest BCUT2D eigenvalue weighted by Crippen LogP contribution is -2.60. The van der Waals surface area contributed by atoms with Crippen LogP contribution in [0.1, 0.15) is 45.6 Å². The first-order valence-electron chi connectivity index (χ1n) is 12.5. The molecule has 1 aromatic carbocycles. The second kappa shape index (κ2) is 16.2. The van der Waals surface area contributed by atoms with Crippen LogP contribution in [-0.2, 0) is 25.6 Å². The number of carbonyl (C=O) groups is 4. The number of aliphatic imine (C=N–C) groups is 1. The molecule has 13 nitrogen and oxygen atoms in total. The Kier molecular flexibility index (Phi) is 13.8. The number of guanidine groups is 1. The van der Waals surface area contributed by atoms with Gasteiger partial charge >= 0.3 is 5.97 Å². The molecule has 0 bridgehead atoms. The molecule has 0 radical (unpaired) electrons. The van der Waals surface area contributed by atoms with Gasteiger partial charge in [0.15, 0.2) is 5.96 Å². The Labute approximate surface area is 222 Å². The molecule has 1 aromatic rings. The van der Waals surface area contributed by atoms with Crippen molar-refractivity contribution in [2.75, 3.05) is 6.54 Å². The third-order valence-corrected chi connectivity index (χ3v) is 6.10. The SMILES string of the molecule is CCC(C)C(N)C(=O)NC(C(=O)NC(Cc1ccccc1)C(=O)NC(CCCN=C(N)N)C(=O)O)C(C)O. The maximum absolute atomic E-state index is 13.2. The molecule has 0 spiro atoms. The van der Waals surface area contributed by atoms with Crippen LogP contribution in [-0.4, -0.2) is 76.7 Å². The Balaban J connectivity index is 3.07. The van der Waals surface area contributed by atoms with E-state index in [0.717, 1.165) is 0 Å². The number of nitrogens with one attached hydrogen (secondary N) is 3. The van der Waals surface area contributed by atoms with E-state index >= 15 is 0 Å². The molecule has 0 saturated carbocycles. The third-order valence-electron chi connectivity index (χ3n) is 6.10. The smallest absolute Gasteiger partial charge is 0.326 e. The van der Waals surface area contributed by atoms with E-state index in [1.807, 2.05) is 6.92 Å². The van der Waals surface area contributed by atoms with Crippen LogP contribution < -0.4 is 33.2 Å². The van der Waals surface area contributed by atoms with E-state index in [9.17, 15) is 29.4 Å². The summed E-state index contributed by atoms with van der Waals surface area (Å²) in [6, 6.07) is 4.04. The number of aliphatic hydroxyl groups excluding tert-OH is 1. The van der Waals surface area contributed by atoms with Crippen molar-refractivity contribution >= 4 is 29.7 Å². The van der Waals surface area contributed by atoms with Gasteiger partial charge in [0.25, 0.3) is 0 Å². The molecule has 0 aliphatic rings. The third kappa shape index (κ3) is 11.1. The first-order valence-corrected chi connectivity index (χ1v) is 12.5. The second-order valence-electron chi connectivity index (χ2n) is 9.24. The van der Waals surface area contributed by atoms with Gasteiger partial charge in [0.05, 0.1) is 12.1 Å². The molecule has 0 saturated heterocycles. The number of hydrogen-bond acceptors (Lipinski definition) is 7. The normalized spacial score (nSPS) is 15.6. The molecule has 38 heavy (non-hydrogen) atoms. The van der Waals surface area contributed by atoms with Gasteiger partial charge in [-0.15, -0.1) is 0 Å². The number of aliphatic carboxylic acids is 1. The molecule has 3 amide bonds. The number of carbonyl (C=O) groups excluding carboxylic acids is 3. The van der Waals surface area contributed by atoms with Crippen LogP contribution >= 0.6 is 0 Å². The quantitative estimate of drug-likeness (QED) is 0.0703. The van der Waals surface area contributed by atoms with Crippen LogP contribution in [0.5, 0.6) is 0 Å². The summed E-state index contributed by atoms with van der Waals surface area (Å²) in [6.07, 6.45) is -0.297. The first-order chi connectivity index (χ1) is 17.9. The van der Waals surface area contributed by atoms with Crippen molar-refractivity contribution in [2.45, 2.75) is 76.7 Å². The fourth-order valence-electron chi connectivity index (χ4n) is 3.52. The zero-order valence-corrected chi connectivity index (χ0v) is 22.1. The standard InChI is InChI=1S/C25H41N7O6/c1-4-14(2)19(26)22(35)32-20(15(3)33)23(36)31-18(13-16-9-6-5-7-10-16)21(34)30-17(24(37)38)11-8-12-29-25(27)28/h5-7,9-10,14-15,17-20,33H,4,8,11-13,26H2,1-3H3,(H,30,34)(H,31,36)(H,32,35)(H,37,38)(H4,27,28,29). The molecule has 0 fully saturated rings. The van der Waals surface area contributed by atoms with Crippen LogP contribution in [0.4, 0.5) is 0 Å². The first kappa shape index (κ1) is 32.3. The Bertz CT molecular complexity index is 953. The van der Waals surface area contributed by atoms with Gasteiger partial charge < -0.3 is 43.4 Å². The van der Waals surface area contributed by atoms with Gasteiger partial charge in [0.1, 0.15) is 18.1 Å². The summed E-state index contributed by atoms with van der Waals surface area (Å²) in [7, 11) is 0. The zero-order chi connectivity index (χ0) is 28.8. The van der Waals surface area contributed by atoms with Gasteiger partial charge in [-0.3, -0.25) is 19.4 Å². The Hall–Kier alpha value is -3.71. The van der Waals surface area contributed by atoms with Crippen molar-refractivity contribution in [1.29, 1.82) is 0 Å². The summed E-state index contributed by atoms with van der Waals surface area (Å²) in [5.41, 5.74) is 17.2. The van der Waals surface area contributed by atoms with Gasteiger partial charge in [-0.1, -0.05) is 50.6 Å². The van der Waals surface area contributed by atoms with Gasteiger partial charge in [-0.05, 0) is 31.2 Å². The van der Waals surface area contributed by atoms with E-state index in [0.29, 0.717) is 12.0 Å². The van der Waals surface area contributed by atoms with Gasteiger partial charge in [0.2, 0.25) is 17.7 Å². The minimum Gasteiger partial charge on any atom is -0.480 e. The number of nitrogens with two attached hydrogens (primary N) is 3. The number of amides is 3. The highest BCUT2D eigenvalue weighted by Crippen LogP contribution is 2.09. The molecule has 6 atom stereocenters. The lowest BCUT2D eigenvalue weighted by atomic mass is 9.98. The molecule has 13 heteroatoms. The van der Waals surface area contributed by atoms with Crippen molar-refractivity contribution < 1.29 is 29.4 Å². The van der Waals surface area contributed by atoms with E-state index in [-0.39, 0.29) is 37.7 Å². The lowest BCUT2D eigenvalue weighted by Gasteiger charge is -2.27.